The Labute approximate surface area is 157 Å². The third-order valence-corrected chi connectivity index (χ3v) is 3.91. The quantitative estimate of drug-likeness (QED) is 0.683. The van der Waals surface area contributed by atoms with E-state index >= 15 is 0 Å². The van der Waals surface area contributed by atoms with Crippen molar-refractivity contribution in [3.8, 4) is 11.5 Å². The molecule has 1 aliphatic rings. The number of amides is 3. The molecule has 0 unspecified atom stereocenters. The molecule has 1 saturated carbocycles. The highest BCUT2D eigenvalue weighted by atomic mass is 19.3. The van der Waals surface area contributed by atoms with Gasteiger partial charge in [0.05, 0.1) is 13.7 Å². The molecule has 0 heterocycles. The number of carbonyl (C=O) groups is 2. The summed E-state index contributed by atoms with van der Waals surface area (Å²) in [7, 11) is 1.37. The molecule has 1 aromatic carbocycles. The van der Waals surface area contributed by atoms with E-state index in [4.69, 9.17) is 4.74 Å². The number of halogens is 2. The summed E-state index contributed by atoms with van der Waals surface area (Å²) in [5.41, 5.74) is 0.791. The molecule has 0 atom stereocenters. The fourth-order valence-corrected chi connectivity index (χ4v) is 2.64. The molecule has 0 radical (unpaired) electrons. The topological polar surface area (TPSA) is 79.9 Å². The Morgan fingerprint density at radius 3 is 2.52 bits per heavy atom. The first kappa shape index (κ1) is 20.9. The van der Waals surface area contributed by atoms with E-state index in [-0.39, 0.29) is 30.1 Å². The van der Waals surface area contributed by atoms with Gasteiger partial charge in [-0.3, -0.25) is 15.0 Å². The lowest BCUT2D eigenvalue weighted by molar-refractivity contribution is -0.121. The molecule has 0 aromatic heterocycles. The monoisotopic (exact) mass is 385 g/mol. The summed E-state index contributed by atoms with van der Waals surface area (Å²) in [6, 6.07) is 4.34. The summed E-state index contributed by atoms with van der Waals surface area (Å²) in [5, 5.41) is 4.90. The molecular weight excluding hydrogens is 360 g/mol. The highest BCUT2D eigenvalue weighted by Crippen LogP contribution is 2.32. The molecule has 9 heteroatoms. The van der Waals surface area contributed by atoms with Gasteiger partial charge in [0.15, 0.2) is 11.5 Å². The van der Waals surface area contributed by atoms with E-state index in [1.165, 1.54) is 13.2 Å². The molecule has 1 fully saturated rings. The van der Waals surface area contributed by atoms with Crippen molar-refractivity contribution < 1.29 is 27.8 Å². The number of hydrogen-bond donors (Lipinski definition) is 2. The zero-order valence-electron chi connectivity index (χ0n) is 15.6. The van der Waals surface area contributed by atoms with Crippen LogP contribution >= 0.6 is 0 Å². The van der Waals surface area contributed by atoms with E-state index in [0.717, 1.165) is 18.4 Å². The van der Waals surface area contributed by atoms with Crippen molar-refractivity contribution in [2.45, 2.75) is 51.9 Å². The number of methoxy groups -OCH3 is 1. The van der Waals surface area contributed by atoms with Crippen molar-refractivity contribution in [2.75, 3.05) is 13.7 Å². The maximum absolute atomic E-state index is 12.4. The first-order valence-electron chi connectivity index (χ1n) is 8.74. The van der Waals surface area contributed by atoms with Crippen LogP contribution in [0.1, 0.15) is 32.3 Å². The normalized spacial score (nSPS) is 13.8. The number of nitrogens with one attached hydrogen (secondary N) is 2. The highest BCUT2D eigenvalue weighted by molar-refractivity contribution is 5.95. The van der Waals surface area contributed by atoms with Gasteiger partial charge in [-0.2, -0.15) is 8.78 Å². The second kappa shape index (κ2) is 9.50. The number of alkyl halides is 2. The molecule has 2 rings (SSSR count). The number of benzene rings is 1. The van der Waals surface area contributed by atoms with Gasteiger partial charge < -0.3 is 14.8 Å². The molecule has 0 spiro atoms. The third-order valence-electron chi connectivity index (χ3n) is 3.91. The number of carbonyl (C=O) groups excluding carboxylic acids is 2. The fourth-order valence-electron chi connectivity index (χ4n) is 2.64. The van der Waals surface area contributed by atoms with Crippen molar-refractivity contribution in [3.05, 3.63) is 23.8 Å². The van der Waals surface area contributed by atoms with Crippen molar-refractivity contribution in [3.63, 3.8) is 0 Å². The molecule has 27 heavy (non-hydrogen) atoms. The lowest BCUT2D eigenvalue weighted by atomic mass is 10.2. The second-order valence-corrected chi connectivity index (χ2v) is 6.68. The lowest BCUT2D eigenvalue weighted by Crippen LogP contribution is -2.46. The van der Waals surface area contributed by atoms with Crippen molar-refractivity contribution >= 4 is 11.9 Å². The predicted octanol–water partition coefficient (Wildman–Crippen LogP) is 2.50. The van der Waals surface area contributed by atoms with Gasteiger partial charge >= 0.3 is 12.6 Å². The maximum atomic E-state index is 12.4. The van der Waals surface area contributed by atoms with Crippen LogP contribution in [0.2, 0.25) is 0 Å². The average Bonchev–Trinajstić information content (AvgIpc) is 3.39. The smallest absolute Gasteiger partial charge is 0.387 e. The second-order valence-electron chi connectivity index (χ2n) is 6.68. The number of nitrogens with zero attached hydrogens (tertiary/aromatic N) is 1. The van der Waals surface area contributed by atoms with Gasteiger partial charge in [0.2, 0.25) is 5.91 Å². The standard InChI is InChI=1S/C18H25F2N3O4/c1-11(2)21-18(25)22-16(24)10-23(13-5-6-13)9-12-4-7-14(27-17(19)20)15(8-12)26-3/h4,7-8,11,13,17H,5-6,9-10H2,1-3H3,(H2,21,22,24,25). The first-order valence-corrected chi connectivity index (χ1v) is 8.74. The largest absolute Gasteiger partial charge is 0.493 e. The Bertz CT molecular complexity index is 666. The van der Waals surface area contributed by atoms with Gasteiger partial charge in [-0.1, -0.05) is 6.07 Å². The molecule has 1 aromatic rings. The molecule has 3 amide bonds. The number of imide groups is 1. The zero-order valence-corrected chi connectivity index (χ0v) is 15.6. The third kappa shape index (κ3) is 7.01. The van der Waals surface area contributed by atoms with Gasteiger partial charge in [0.25, 0.3) is 0 Å². The van der Waals surface area contributed by atoms with Crippen molar-refractivity contribution in [1.82, 2.24) is 15.5 Å². The summed E-state index contributed by atoms with van der Waals surface area (Å²) in [6.45, 7) is 1.15. The molecule has 7 nitrogen and oxygen atoms in total. The Hall–Kier alpha value is -2.42. The molecule has 0 aliphatic heterocycles. The summed E-state index contributed by atoms with van der Waals surface area (Å²) in [5.74, 6) is -0.244. The Kier molecular flexibility index (Phi) is 7.35. The maximum Gasteiger partial charge on any atom is 0.387 e. The zero-order chi connectivity index (χ0) is 20.0. The summed E-state index contributed by atoms with van der Waals surface area (Å²) < 4.78 is 34.4. The van der Waals surface area contributed by atoms with Crippen LogP contribution in [0.4, 0.5) is 13.6 Å². The van der Waals surface area contributed by atoms with Crippen molar-refractivity contribution in [1.29, 1.82) is 0 Å². The molecule has 150 valence electrons. The van der Waals surface area contributed by atoms with Crippen LogP contribution in [0.25, 0.3) is 0 Å². The molecule has 0 bridgehead atoms. The molecule has 0 saturated heterocycles. The minimum absolute atomic E-state index is 0.0441. The van der Waals surface area contributed by atoms with E-state index in [0.29, 0.717) is 6.54 Å². The Morgan fingerprint density at radius 2 is 1.96 bits per heavy atom. The predicted molar refractivity (Wildman–Crippen MR) is 94.9 cm³/mol. The van der Waals surface area contributed by atoms with Crippen LogP contribution in [0.3, 0.4) is 0 Å². The van der Waals surface area contributed by atoms with Gasteiger partial charge in [-0.15, -0.1) is 0 Å². The molecule has 2 N–H and O–H groups in total. The van der Waals surface area contributed by atoms with E-state index in [1.807, 2.05) is 4.90 Å². The van der Waals surface area contributed by atoms with Crippen LogP contribution in [-0.4, -0.2) is 49.2 Å². The van der Waals surface area contributed by atoms with Crippen molar-refractivity contribution in [2.24, 2.45) is 0 Å². The van der Waals surface area contributed by atoms with Crippen LogP contribution in [0, 0.1) is 0 Å². The first-order chi connectivity index (χ1) is 12.8. The molecular formula is C18H25F2N3O4. The van der Waals surface area contributed by atoms with E-state index < -0.39 is 18.5 Å². The van der Waals surface area contributed by atoms with Crippen LogP contribution in [-0.2, 0) is 11.3 Å². The number of ether oxygens (including phenoxy) is 2. The minimum Gasteiger partial charge on any atom is -0.493 e. The highest BCUT2D eigenvalue weighted by Gasteiger charge is 2.30. The lowest BCUT2D eigenvalue weighted by Gasteiger charge is -2.22. The van der Waals surface area contributed by atoms with E-state index in [9.17, 15) is 18.4 Å². The van der Waals surface area contributed by atoms with Crippen LogP contribution in [0.15, 0.2) is 18.2 Å². The number of rotatable bonds is 9. The molecule has 1 aliphatic carbocycles. The summed E-state index contributed by atoms with van der Waals surface area (Å²) in [6.07, 6.45) is 1.93. The summed E-state index contributed by atoms with van der Waals surface area (Å²) in [4.78, 5) is 25.7. The Balaban J connectivity index is 1.99. The van der Waals surface area contributed by atoms with Gasteiger partial charge in [0.1, 0.15) is 0 Å². The Morgan fingerprint density at radius 1 is 1.26 bits per heavy atom. The van der Waals surface area contributed by atoms with Crippen LogP contribution < -0.4 is 20.1 Å². The SMILES string of the molecule is COc1cc(CN(CC(=O)NC(=O)NC(C)C)C2CC2)ccc1OC(F)F. The average molecular weight is 385 g/mol. The van der Waals surface area contributed by atoms with Crippen LogP contribution in [0.5, 0.6) is 11.5 Å². The minimum atomic E-state index is -2.94. The fraction of sp³-hybridized carbons (Fsp3) is 0.556. The van der Waals surface area contributed by atoms with Gasteiger partial charge in [-0.25, -0.2) is 4.79 Å². The van der Waals surface area contributed by atoms with Gasteiger partial charge in [-0.05, 0) is 44.4 Å². The number of urea groups is 1. The van der Waals surface area contributed by atoms with Gasteiger partial charge in [0, 0.05) is 18.6 Å². The van der Waals surface area contributed by atoms with E-state index in [1.54, 1.807) is 26.0 Å². The van der Waals surface area contributed by atoms with E-state index in [2.05, 4.69) is 15.4 Å². The summed E-state index contributed by atoms with van der Waals surface area (Å²) >= 11 is 0. The number of hydrogen-bond acceptors (Lipinski definition) is 5.